The molecule has 1 aromatic heterocycles. The second-order valence-electron chi connectivity index (χ2n) is 5.30. The lowest BCUT2D eigenvalue weighted by Gasteiger charge is -2.27. The number of fused-ring (bicyclic) bond motifs is 3. The van der Waals surface area contributed by atoms with E-state index in [4.69, 9.17) is 0 Å². The van der Waals surface area contributed by atoms with Gasteiger partial charge in [0.1, 0.15) is 0 Å². The molecule has 3 rings (SSSR count). The first-order chi connectivity index (χ1) is 9.29. The molecule has 0 saturated carbocycles. The zero-order valence-electron chi connectivity index (χ0n) is 11.4. The van der Waals surface area contributed by atoms with Crippen LogP contribution in [0.2, 0.25) is 0 Å². The predicted molar refractivity (Wildman–Crippen MR) is 76.9 cm³/mol. The van der Waals surface area contributed by atoms with Crippen LogP contribution in [0.5, 0.6) is 0 Å². The van der Waals surface area contributed by atoms with Crippen LogP contribution in [0.1, 0.15) is 37.4 Å². The minimum atomic E-state index is 0.304. The number of unbranched alkanes of at least 4 members (excludes halogenated alkanes) is 1. The molecule has 3 heteroatoms. The minimum Gasteiger partial charge on any atom is -0.358 e. The Bertz CT molecular complexity index is 600. The van der Waals surface area contributed by atoms with Crippen molar-refractivity contribution in [1.82, 2.24) is 9.88 Å². The number of rotatable bonds is 3. The van der Waals surface area contributed by atoms with Crippen LogP contribution >= 0.6 is 0 Å². The van der Waals surface area contributed by atoms with Gasteiger partial charge in [0.25, 0.3) is 0 Å². The molecule has 0 unspecified atom stereocenters. The highest BCUT2D eigenvalue weighted by molar-refractivity contribution is 5.86. The number of nitrogens with one attached hydrogen (secondary N) is 1. The minimum absolute atomic E-state index is 0.304. The van der Waals surface area contributed by atoms with E-state index in [1.807, 2.05) is 4.90 Å². The van der Waals surface area contributed by atoms with Crippen LogP contribution in [0, 0.1) is 0 Å². The van der Waals surface area contributed by atoms with E-state index in [1.165, 1.54) is 22.2 Å². The van der Waals surface area contributed by atoms with Gasteiger partial charge in [-0.25, -0.2) is 0 Å². The molecule has 1 aliphatic heterocycles. The van der Waals surface area contributed by atoms with Crippen molar-refractivity contribution >= 4 is 16.8 Å². The number of para-hydroxylation sites is 1. The number of amides is 1. The van der Waals surface area contributed by atoms with Gasteiger partial charge in [0.2, 0.25) is 5.91 Å². The second-order valence-corrected chi connectivity index (χ2v) is 5.30. The maximum Gasteiger partial charge on any atom is 0.222 e. The van der Waals surface area contributed by atoms with Crippen molar-refractivity contribution in [3.8, 4) is 0 Å². The highest BCUT2D eigenvalue weighted by Gasteiger charge is 2.23. The standard InChI is InChI=1S/C16H20N2O/c1-2-3-8-16(19)18-10-9-15-13(11-18)12-6-4-5-7-14(12)17-15/h4-7,17H,2-3,8-11H2,1H3. The molecule has 0 bridgehead atoms. The largest absolute Gasteiger partial charge is 0.358 e. The summed E-state index contributed by atoms with van der Waals surface area (Å²) in [5, 5.41) is 1.27. The van der Waals surface area contributed by atoms with Crippen LogP contribution in [0.25, 0.3) is 10.9 Å². The first-order valence-electron chi connectivity index (χ1n) is 7.16. The molecule has 0 spiro atoms. The lowest BCUT2D eigenvalue weighted by Crippen LogP contribution is -2.35. The van der Waals surface area contributed by atoms with E-state index >= 15 is 0 Å². The van der Waals surface area contributed by atoms with E-state index in [1.54, 1.807) is 0 Å². The Morgan fingerprint density at radius 2 is 2.21 bits per heavy atom. The number of H-pyrrole nitrogens is 1. The van der Waals surface area contributed by atoms with E-state index < -0.39 is 0 Å². The number of nitrogens with zero attached hydrogens (tertiary/aromatic N) is 1. The molecule has 0 saturated heterocycles. The van der Waals surface area contributed by atoms with Gasteiger partial charge in [-0.1, -0.05) is 31.5 Å². The van der Waals surface area contributed by atoms with Crippen LogP contribution < -0.4 is 0 Å². The summed E-state index contributed by atoms with van der Waals surface area (Å²) < 4.78 is 0. The second kappa shape index (κ2) is 5.08. The van der Waals surface area contributed by atoms with Gasteiger partial charge in [-0.05, 0) is 12.5 Å². The van der Waals surface area contributed by atoms with E-state index in [-0.39, 0.29) is 0 Å². The molecular formula is C16H20N2O. The summed E-state index contributed by atoms with van der Waals surface area (Å²) in [5.41, 5.74) is 3.81. The third-order valence-corrected chi connectivity index (χ3v) is 3.98. The van der Waals surface area contributed by atoms with Crippen molar-refractivity contribution in [3.63, 3.8) is 0 Å². The SMILES string of the molecule is CCCCC(=O)N1CCc2[nH]c3ccccc3c2C1. The number of aromatic nitrogens is 1. The highest BCUT2D eigenvalue weighted by Crippen LogP contribution is 2.27. The third-order valence-electron chi connectivity index (χ3n) is 3.98. The zero-order chi connectivity index (χ0) is 13.2. The number of carbonyl (C=O) groups excluding carboxylic acids is 1. The fraction of sp³-hybridized carbons (Fsp3) is 0.438. The van der Waals surface area contributed by atoms with Crippen LogP contribution in [0.15, 0.2) is 24.3 Å². The molecule has 100 valence electrons. The molecule has 1 aromatic carbocycles. The monoisotopic (exact) mass is 256 g/mol. The zero-order valence-corrected chi connectivity index (χ0v) is 11.4. The van der Waals surface area contributed by atoms with Crippen molar-refractivity contribution in [2.75, 3.05) is 6.54 Å². The molecule has 1 N–H and O–H groups in total. The van der Waals surface area contributed by atoms with Gasteiger partial charge in [0, 0.05) is 48.1 Å². The number of hydrogen-bond donors (Lipinski definition) is 1. The molecule has 0 atom stereocenters. The van der Waals surface area contributed by atoms with E-state index in [2.05, 4.69) is 36.2 Å². The van der Waals surface area contributed by atoms with Crippen molar-refractivity contribution in [3.05, 3.63) is 35.5 Å². The molecule has 3 nitrogen and oxygen atoms in total. The van der Waals surface area contributed by atoms with Crippen molar-refractivity contribution < 1.29 is 4.79 Å². The Morgan fingerprint density at radius 1 is 1.37 bits per heavy atom. The Hall–Kier alpha value is -1.77. The van der Waals surface area contributed by atoms with Crippen LogP contribution in [0.4, 0.5) is 0 Å². The molecule has 1 aliphatic rings. The van der Waals surface area contributed by atoms with Gasteiger partial charge in [-0.3, -0.25) is 4.79 Å². The fourth-order valence-corrected chi connectivity index (χ4v) is 2.87. The van der Waals surface area contributed by atoms with E-state index in [0.717, 1.165) is 32.4 Å². The highest BCUT2D eigenvalue weighted by atomic mass is 16.2. The molecule has 2 aromatic rings. The number of hydrogen-bond acceptors (Lipinski definition) is 1. The van der Waals surface area contributed by atoms with Gasteiger partial charge in [-0.2, -0.15) is 0 Å². The molecule has 19 heavy (non-hydrogen) atoms. The smallest absolute Gasteiger partial charge is 0.222 e. The summed E-state index contributed by atoms with van der Waals surface area (Å²) in [4.78, 5) is 17.6. The number of carbonyl (C=O) groups is 1. The van der Waals surface area contributed by atoms with Crippen molar-refractivity contribution in [2.24, 2.45) is 0 Å². The Labute approximate surface area is 113 Å². The molecule has 0 radical (unpaired) electrons. The fourth-order valence-electron chi connectivity index (χ4n) is 2.87. The number of aromatic amines is 1. The maximum absolute atomic E-state index is 12.1. The van der Waals surface area contributed by atoms with E-state index in [0.29, 0.717) is 12.3 Å². The normalized spacial score (nSPS) is 14.7. The van der Waals surface area contributed by atoms with Crippen molar-refractivity contribution in [1.29, 1.82) is 0 Å². The molecule has 1 amide bonds. The van der Waals surface area contributed by atoms with Crippen molar-refractivity contribution in [2.45, 2.75) is 39.2 Å². The molecule has 2 heterocycles. The lowest BCUT2D eigenvalue weighted by molar-refractivity contribution is -0.132. The van der Waals surface area contributed by atoms with Gasteiger partial charge < -0.3 is 9.88 Å². The van der Waals surface area contributed by atoms with E-state index in [9.17, 15) is 4.79 Å². The van der Waals surface area contributed by atoms with Crippen LogP contribution in [0.3, 0.4) is 0 Å². The Kier molecular flexibility index (Phi) is 3.28. The molecular weight excluding hydrogens is 236 g/mol. The Morgan fingerprint density at radius 3 is 3.05 bits per heavy atom. The van der Waals surface area contributed by atoms with Gasteiger partial charge in [-0.15, -0.1) is 0 Å². The van der Waals surface area contributed by atoms with Gasteiger partial charge in [0.05, 0.1) is 0 Å². The average molecular weight is 256 g/mol. The third kappa shape index (κ3) is 2.25. The molecule has 0 aliphatic carbocycles. The summed E-state index contributed by atoms with van der Waals surface area (Å²) in [7, 11) is 0. The summed E-state index contributed by atoms with van der Waals surface area (Å²) in [5.74, 6) is 0.304. The summed E-state index contributed by atoms with van der Waals surface area (Å²) in [6.45, 7) is 3.74. The summed E-state index contributed by atoms with van der Waals surface area (Å²) in [6.07, 6.45) is 3.71. The number of benzene rings is 1. The maximum atomic E-state index is 12.1. The Balaban J connectivity index is 1.84. The topological polar surface area (TPSA) is 36.1 Å². The lowest BCUT2D eigenvalue weighted by atomic mass is 10.0. The van der Waals surface area contributed by atoms with Gasteiger partial charge >= 0.3 is 0 Å². The predicted octanol–water partition coefficient (Wildman–Crippen LogP) is 3.24. The van der Waals surface area contributed by atoms with Crippen LogP contribution in [-0.2, 0) is 17.8 Å². The quantitative estimate of drug-likeness (QED) is 0.899. The molecule has 0 fully saturated rings. The summed E-state index contributed by atoms with van der Waals surface area (Å²) >= 11 is 0. The van der Waals surface area contributed by atoms with Gasteiger partial charge in [0.15, 0.2) is 0 Å². The first kappa shape index (κ1) is 12.3. The summed E-state index contributed by atoms with van der Waals surface area (Å²) in [6, 6.07) is 8.37. The average Bonchev–Trinajstić information content (AvgIpc) is 2.82. The van der Waals surface area contributed by atoms with Crippen LogP contribution in [-0.4, -0.2) is 22.3 Å². The first-order valence-corrected chi connectivity index (χ1v) is 7.16.